The minimum absolute atomic E-state index is 0.189. The number of carbonyl (C=O) groups is 1. The van der Waals surface area contributed by atoms with Crippen LogP contribution in [0.15, 0.2) is 24.4 Å². The highest BCUT2D eigenvalue weighted by Crippen LogP contribution is 2.20. The lowest BCUT2D eigenvalue weighted by atomic mass is 10.2. The van der Waals surface area contributed by atoms with Crippen LogP contribution in [0.4, 0.5) is 0 Å². The molecule has 2 rings (SSSR count). The highest BCUT2D eigenvalue weighted by Gasteiger charge is 2.16. The van der Waals surface area contributed by atoms with Gasteiger partial charge in [-0.3, -0.25) is 9.78 Å². The molecule has 1 amide bonds. The van der Waals surface area contributed by atoms with E-state index in [1.165, 1.54) is 12.8 Å². The number of hydrogen-bond donors (Lipinski definition) is 1. The maximum Gasteiger partial charge on any atom is 0.232 e. The van der Waals surface area contributed by atoms with Gasteiger partial charge in [-0.25, -0.2) is 0 Å². The van der Waals surface area contributed by atoms with Crippen molar-refractivity contribution >= 4 is 17.7 Å². The Morgan fingerprint density at radius 3 is 2.95 bits per heavy atom. The van der Waals surface area contributed by atoms with E-state index in [4.69, 9.17) is 0 Å². The van der Waals surface area contributed by atoms with Crippen molar-refractivity contribution in [1.82, 2.24) is 15.2 Å². The molecule has 0 bridgehead atoms. The molecule has 104 valence electrons. The molecule has 1 aromatic rings. The second-order valence-electron chi connectivity index (χ2n) is 4.83. The van der Waals surface area contributed by atoms with E-state index in [1.54, 1.807) is 22.9 Å². The third-order valence-corrected chi connectivity index (χ3v) is 4.64. The number of thioether (sulfide) groups is 1. The summed E-state index contributed by atoms with van der Waals surface area (Å²) in [5, 5.41) is 3.97. The molecule has 0 saturated carbocycles. The van der Waals surface area contributed by atoms with Crippen molar-refractivity contribution < 1.29 is 4.79 Å². The molecule has 1 aromatic heterocycles. The fraction of sp³-hybridized carbons (Fsp3) is 0.571. The fourth-order valence-electron chi connectivity index (χ4n) is 2.08. The van der Waals surface area contributed by atoms with Crippen LogP contribution in [-0.4, -0.2) is 46.9 Å². The quantitative estimate of drug-likeness (QED) is 0.888. The number of carbonyl (C=O) groups excluding carboxylic acids is 1. The van der Waals surface area contributed by atoms with Gasteiger partial charge in [0.25, 0.3) is 0 Å². The van der Waals surface area contributed by atoms with E-state index >= 15 is 0 Å². The topological polar surface area (TPSA) is 45.2 Å². The van der Waals surface area contributed by atoms with E-state index in [0.29, 0.717) is 17.5 Å². The third kappa shape index (κ3) is 4.84. The predicted octanol–water partition coefficient (Wildman–Crippen LogP) is 1.53. The predicted molar refractivity (Wildman–Crippen MR) is 79.1 cm³/mol. The summed E-state index contributed by atoms with van der Waals surface area (Å²) in [5.74, 6) is 0.766. The van der Waals surface area contributed by atoms with Gasteiger partial charge in [0.15, 0.2) is 0 Å². The zero-order chi connectivity index (χ0) is 13.5. The van der Waals surface area contributed by atoms with Crippen molar-refractivity contribution in [3.05, 3.63) is 30.1 Å². The number of nitrogens with zero attached hydrogens (tertiary/aromatic N) is 2. The number of rotatable bonds is 5. The average molecular weight is 279 g/mol. The average Bonchev–Trinajstić information content (AvgIpc) is 2.47. The van der Waals surface area contributed by atoms with Gasteiger partial charge in [-0.05, 0) is 38.1 Å². The van der Waals surface area contributed by atoms with Crippen molar-refractivity contribution in [2.24, 2.45) is 0 Å². The first-order valence-corrected chi connectivity index (χ1v) is 7.77. The molecule has 0 aliphatic carbocycles. The molecule has 1 saturated heterocycles. The summed E-state index contributed by atoms with van der Waals surface area (Å²) < 4.78 is 0. The van der Waals surface area contributed by atoms with E-state index in [1.807, 2.05) is 25.2 Å². The summed E-state index contributed by atoms with van der Waals surface area (Å²) in [6.07, 6.45) is 4.10. The number of nitrogens with one attached hydrogen (secondary N) is 1. The normalized spacial score (nSPS) is 16.3. The Balaban J connectivity index is 1.73. The van der Waals surface area contributed by atoms with E-state index in [0.717, 1.165) is 18.8 Å². The number of amides is 1. The van der Waals surface area contributed by atoms with Crippen molar-refractivity contribution in [2.75, 3.05) is 25.9 Å². The van der Waals surface area contributed by atoms with E-state index in [2.05, 4.69) is 10.3 Å². The summed E-state index contributed by atoms with van der Waals surface area (Å²) in [4.78, 5) is 18.1. The maximum absolute atomic E-state index is 12.1. The molecule has 0 spiro atoms. The Morgan fingerprint density at radius 1 is 1.47 bits per heavy atom. The van der Waals surface area contributed by atoms with Crippen LogP contribution in [0.2, 0.25) is 0 Å². The van der Waals surface area contributed by atoms with Gasteiger partial charge >= 0.3 is 0 Å². The first kappa shape index (κ1) is 14.3. The molecule has 1 aliphatic heterocycles. The number of hydrogen-bond acceptors (Lipinski definition) is 4. The maximum atomic E-state index is 12.1. The zero-order valence-corrected chi connectivity index (χ0v) is 12.2. The smallest absolute Gasteiger partial charge is 0.232 e. The first-order chi connectivity index (χ1) is 9.25. The molecule has 1 fully saturated rings. The van der Waals surface area contributed by atoms with Crippen molar-refractivity contribution in [3.63, 3.8) is 0 Å². The zero-order valence-electron chi connectivity index (χ0n) is 11.3. The van der Waals surface area contributed by atoms with Crippen LogP contribution in [0, 0.1) is 0 Å². The molecular weight excluding hydrogens is 258 g/mol. The van der Waals surface area contributed by atoms with Crippen LogP contribution in [-0.2, 0) is 11.3 Å². The highest BCUT2D eigenvalue weighted by molar-refractivity contribution is 8.00. The van der Waals surface area contributed by atoms with Crippen molar-refractivity contribution in [2.45, 2.75) is 24.6 Å². The van der Waals surface area contributed by atoms with Crippen LogP contribution in [0.5, 0.6) is 0 Å². The molecule has 2 heterocycles. The Bertz CT molecular complexity index is 393. The first-order valence-electron chi connectivity index (χ1n) is 6.72. The van der Waals surface area contributed by atoms with Crippen LogP contribution in [0.25, 0.3) is 0 Å². The Hall–Kier alpha value is -1.07. The Labute approximate surface area is 119 Å². The van der Waals surface area contributed by atoms with Crippen LogP contribution in [0.1, 0.15) is 18.5 Å². The van der Waals surface area contributed by atoms with E-state index < -0.39 is 0 Å². The second-order valence-corrected chi connectivity index (χ2v) is 6.12. The van der Waals surface area contributed by atoms with Gasteiger partial charge in [-0.1, -0.05) is 6.07 Å². The lowest BCUT2D eigenvalue weighted by molar-refractivity contribution is -0.127. The molecular formula is C14H21N3OS. The lowest BCUT2D eigenvalue weighted by Crippen LogP contribution is -2.32. The monoisotopic (exact) mass is 279 g/mol. The van der Waals surface area contributed by atoms with Crippen LogP contribution >= 0.6 is 11.8 Å². The molecule has 19 heavy (non-hydrogen) atoms. The molecule has 1 N–H and O–H groups in total. The molecule has 4 nitrogen and oxygen atoms in total. The Morgan fingerprint density at radius 2 is 2.26 bits per heavy atom. The molecule has 0 radical (unpaired) electrons. The molecule has 5 heteroatoms. The van der Waals surface area contributed by atoms with Crippen molar-refractivity contribution in [1.29, 1.82) is 0 Å². The molecule has 1 aliphatic rings. The van der Waals surface area contributed by atoms with Gasteiger partial charge in [0.05, 0.1) is 18.0 Å². The van der Waals surface area contributed by atoms with Gasteiger partial charge in [0.2, 0.25) is 5.91 Å². The number of pyridine rings is 1. The summed E-state index contributed by atoms with van der Waals surface area (Å²) >= 11 is 1.79. The minimum Gasteiger partial charge on any atom is -0.339 e. The highest BCUT2D eigenvalue weighted by atomic mass is 32.2. The van der Waals surface area contributed by atoms with Gasteiger partial charge in [-0.2, -0.15) is 0 Å². The van der Waals surface area contributed by atoms with Gasteiger partial charge in [-0.15, -0.1) is 11.8 Å². The van der Waals surface area contributed by atoms with Gasteiger partial charge in [0, 0.05) is 18.5 Å². The van der Waals surface area contributed by atoms with E-state index in [-0.39, 0.29) is 5.91 Å². The summed E-state index contributed by atoms with van der Waals surface area (Å²) in [5.41, 5.74) is 0.935. The molecule has 0 aromatic carbocycles. The minimum atomic E-state index is 0.189. The molecule has 0 unspecified atom stereocenters. The SMILES string of the molecule is CN(Cc1ccccn1)C(=O)CSC1CCNCC1. The van der Waals surface area contributed by atoms with Gasteiger partial charge in [0.1, 0.15) is 0 Å². The van der Waals surface area contributed by atoms with E-state index in [9.17, 15) is 4.79 Å². The largest absolute Gasteiger partial charge is 0.339 e. The Kier molecular flexibility index (Phi) is 5.66. The van der Waals surface area contributed by atoms with Crippen LogP contribution in [0.3, 0.4) is 0 Å². The second kappa shape index (κ2) is 7.50. The number of piperidine rings is 1. The van der Waals surface area contributed by atoms with Crippen molar-refractivity contribution in [3.8, 4) is 0 Å². The third-order valence-electron chi connectivity index (χ3n) is 3.28. The lowest BCUT2D eigenvalue weighted by Gasteiger charge is -2.23. The number of aromatic nitrogens is 1. The van der Waals surface area contributed by atoms with Crippen LogP contribution < -0.4 is 5.32 Å². The summed E-state index contributed by atoms with van der Waals surface area (Å²) in [6, 6.07) is 5.78. The van der Waals surface area contributed by atoms with Gasteiger partial charge < -0.3 is 10.2 Å². The standard InChI is InChI=1S/C14H21N3OS/c1-17(10-12-4-2-3-7-16-12)14(18)11-19-13-5-8-15-9-6-13/h2-4,7,13,15H,5-6,8-11H2,1H3. The summed E-state index contributed by atoms with van der Waals surface area (Å²) in [7, 11) is 1.85. The summed E-state index contributed by atoms with van der Waals surface area (Å²) in [6.45, 7) is 2.75. The fourth-order valence-corrected chi connectivity index (χ4v) is 3.25. The molecule has 0 atom stereocenters.